The van der Waals surface area contributed by atoms with Gasteiger partial charge in [0.25, 0.3) is 0 Å². The molecule has 1 heterocycles. The smallest absolute Gasteiger partial charge is 0.0507 e. The Balaban J connectivity index is 2.87. The average Bonchev–Trinajstić information content (AvgIpc) is 2.77. The van der Waals surface area contributed by atoms with E-state index in [-0.39, 0.29) is 6.04 Å². The molecule has 0 aliphatic heterocycles. The third-order valence-electron chi connectivity index (χ3n) is 2.97. The average molecular weight is 226 g/mol. The molecule has 15 heavy (non-hydrogen) atoms. The summed E-state index contributed by atoms with van der Waals surface area (Å²) in [6.07, 6.45) is 1.02. The standard InChI is InChI=1S/C12H22N2S/c1-4-11(13)12(14(5-2)6-3)10-7-8-15-9-10/h7-9,11-12H,4-6,13H2,1-3H3. The Kier molecular flexibility index (Phi) is 5.29. The third-order valence-corrected chi connectivity index (χ3v) is 3.67. The van der Waals surface area contributed by atoms with Crippen LogP contribution in [0.5, 0.6) is 0 Å². The zero-order valence-corrected chi connectivity index (χ0v) is 10.8. The summed E-state index contributed by atoms with van der Waals surface area (Å²) in [4.78, 5) is 2.44. The second-order valence-corrected chi connectivity index (χ2v) is 4.57. The lowest BCUT2D eigenvalue weighted by Crippen LogP contribution is -2.40. The number of thiophene rings is 1. The molecule has 0 bridgehead atoms. The maximum atomic E-state index is 6.22. The number of nitrogens with zero attached hydrogens (tertiary/aromatic N) is 1. The van der Waals surface area contributed by atoms with E-state index in [4.69, 9.17) is 5.73 Å². The summed E-state index contributed by atoms with van der Waals surface area (Å²) in [5.74, 6) is 0. The van der Waals surface area contributed by atoms with Crippen LogP contribution in [0.3, 0.4) is 0 Å². The lowest BCUT2D eigenvalue weighted by Gasteiger charge is -2.33. The molecular formula is C12H22N2S. The van der Waals surface area contributed by atoms with Crippen LogP contribution in [0, 0.1) is 0 Å². The van der Waals surface area contributed by atoms with Gasteiger partial charge in [0.2, 0.25) is 0 Å². The lowest BCUT2D eigenvalue weighted by atomic mass is 9.99. The Morgan fingerprint density at radius 1 is 1.33 bits per heavy atom. The topological polar surface area (TPSA) is 29.3 Å². The van der Waals surface area contributed by atoms with E-state index < -0.39 is 0 Å². The van der Waals surface area contributed by atoms with E-state index in [0.29, 0.717) is 6.04 Å². The molecule has 0 saturated heterocycles. The first-order chi connectivity index (χ1) is 7.24. The van der Waals surface area contributed by atoms with E-state index in [1.54, 1.807) is 11.3 Å². The number of likely N-dealkylation sites (N-methyl/N-ethyl adjacent to an activating group) is 1. The SMILES string of the molecule is CCC(N)C(c1ccsc1)N(CC)CC. The zero-order valence-electron chi connectivity index (χ0n) is 9.94. The summed E-state index contributed by atoms with van der Waals surface area (Å²) in [7, 11) is 0. The van der Waals surface area contributed by atoms with Crippen LogP contribution in [-0.2, 0) is 0 Å². The second kappa shape index (κ2) is 6.26. The fraction of sp³-hybridized carbons (Fsp3) is 0.667. The quantitative estimate of drug-likeness (QED) is 0.808. The van der Waals surface area contributed by atoms with Gasteiger partial charge >= 0.3 is 0 Å². The van der Waals surface area contributed by atoms with Crippen LogP contribution >= 0.6 is 11.3 Å². The van der Waals surface area contributed by atoms with Crippen LogP contribution < -0.4 is 5.73 Å². The number of hydrogen-bond acceptors (Lipinski definition) is 3. The molecule has 1 aromatic heterocycles. The number of hydrogen-bond donors (Lipinski definition) is 1. The summed E-state index contributed by atoms with van der Waals surface area (Å²) >= 11 is 1.75. The van der Waals surface area contributed by atoms with Gasteiger partial charge in [0.1, 0.15) is 0 Å². The summed E-state index contributed by atoms with van der Waals surface area (Å²) in [6.45, 7) is 8.68. The third kappa shape index (κ3) is 3.03. The van der Waals surface area contributed by atoms with Crippen molar-refractivity contribution in [3.05, 3.63) is 22.4 Å². The molecule has 3 heteroatoms. The highest BCUT2D eigenvalue weighted by atomic mass is 32.1. The minimum Gasteiger partial charge on any atom is -0.326 e. The first kappa shape index (κ1) is 12.7. The molecule has 0 spiro atoms. The molecule has 2 unspecified atom stereocenters. The molecule has 0 saturated carbocycles. The van der Waals surface area contributed by atoms with Crippen LogP contribution in [0.4, 0.5) is 0 Å². The van der Waals surface area contributed by atoms with Gasteiger partial charge in [-0.3, -0.25) is 4.90 Å². The highest BCUT2D eigenvalue weighted by Gasteiger charge is 2.23. The molecule has 1 aromatic rings. The molecule has 86 valence electrons. The van der Waals surface area contributed by atoms with E-state index in [0.717, 1.165) is 19.5 Å². The summed E-state index contributed by atoms with van der Waals surface area (Å²) in [5, 5.41) is 4.35. The molecule has 2 nitrogen and oxygen atoms in total. The van der Waals surface area contributed by atoms with Crippen molar-refractivity contribution in [2.45, 2.75) is 39.3 Å². The molecule has 0 fully saturated rings. The molecule has 1 rings (SSSR count). The van der Waals surface area contributed by atoms with Crippen molar-refractivity contribution in [2.24, 2.45) is 5.73 Å². The van der Waals surface area contributed by atoms with Gasteiger partial charge in [0.15, 0.2) is 0 Å². The van der Waals surface area contributed by atoms with E-state index in [9.17, 15) is 0 Å². The Labute approximate surface area is 97.1 Å². The van der Waals surface area contributed by atoms with Gasteiger partial charge in [-0.2, -0.15) is 11.3 Å². The fourth-order valence-corrected chi connectivity index (χ4v) is 2.70. The van der Waals surface area contributed by atoms with Gasteiger partial charge in [-0.25, -0.2) is 0 Å². The van der Waals surface area contributed by atoms with Gasteiger partial charge in [-0.15, -0.1) is 0 Å². The summed E-state index contributed by atoms with van der Waals surface area (Å²) in [5.41, 5.74) is 7.60. The van der Waals surface area contributed by atoms with E-state index in [1.165, 1.54) is 5.56 Å². The number of rotatable bonds is 6. The van der Waals surface area contributed by atoms with E-state index in [1.807, 2.05) is 0 Å². The Bertz CT molecular complexity index is 255. The molecule has 2 atom stereocenters. The molecule has 0 aliphatic rings. The lowest BCUT2D eigenvalue weighted by molar-refractivity contribution is 0.187. The van der Waals surface area contributed by atoms with Crippen molar-refractivity contribution in [3.63, 3.8) is 0 Å². The van der Waals surface area contributed by atoms with Gasteiger partial charge < -0.3 is 5.73 Å². The zero-order chi connectivity index (χ0) is 11.3. The predicted octanol–water partition coefficient (Wildman–Crippen LogP) is 2.87. The van der Waals surface area contributed by atoms with Crippen molar-refractivity contribution in [1.82, 2.24) is 4.90 Å². The minimum atomic E-state index is 0.236. The molecule has 2 N–H and O–H groups in total. The van der Waals surface area contributed by atoms with Crippen LogP contribution in [0.2, 0.25) is 0 Å². The van der Waals surface area contributed by atoms with Crippen LogP contribution in [0.15, 0.2) is 16.8 Å². The van der Waals surface area contributed by atoms with E-state index in [2.05, 4.69) is 42.5 Å². The molecule has 0 radical (unpaired) electrons. The van der Waals surface area contributed by atoms with Crippen molar-refractivity contribution < 1.29 is 0 Å². The highest BCUT2D eigenvalue weighted by molar-refractivity contribution is 7.07. The second-order valence-electron chi connectivity index (χ2n) is 3.79. The summed E-state index contributed by atoms with van der Waals surface area (Å²) < 4.78 is 0. The maximum absolute atomic E-state index is 6.22. The Morgan fingerprint density at radius 2 is 2.00 bits per heavy atom. The van der Waals surface area contributed by atoms with Gasteiger partial charge in [0.05, 0.1) is 6.04 Å². The number of nitrogens with two attached hydrogens (primary N) is 1. The van der Waals surface area contributed by atoms with Crippen molar-refractivity contribution in [3.8, 4) is 0 Å². The van der Waals surface area contributed by atoms with Crippen LogP contribution in [-0.4, -0.2) is 24.0 Å². The molecular weight excluding hydrogens is 204 g/mol. The van der Waals surface area contributed by atoms with Crippen LogP contribution in [0.25, 0.3) is 0 Å². The normalized spacial score (nSPS) is 15.5. The summed E-state index contributed by atoms with van der Waals surface area (Å²) in [6, 6.07) is 2.82. The minimum absolute atomic E-state index is 0.236. The van der Waals surface area contributed by atoms with Gasteiger partial charge in [-0.1, -0.05) is 20.8 Å². The first-order valence-electron chi connectivity index (χ1n) is 5.76. The van der Waals surface area contributed by atoms with Gasteiger partial charge in [0, 0.05) is 6.04 Å². The van der Waals surface area contributed by atoms with Crippen molar-refractivity contribution >= 4 is 11.3 Å². The van der Waals surface area contributed by atoms with Crippen molar-refractivity contribution in [1.29, 1.82) is 0 Å². The van der Waals surface area contributed by atoms with Crippen molar-refractivity contribution in [2.75, 3.05) is 13.1 Å². The Hall–Kier alpha value is -0.380. The molecule has 0 amide bonds. The maximum Gasteiger partial charge on any atom is 0.0507 e. The molecule has 0 aromatic carbocycles. The highest BCUT2D eigenvalue weighted by Crippen LogP contribution is 2.26. The fourth-order valence-electron chi connectivity index (χ4n) is 2.01. The monoisotopic (exact) mass is 226 g/mol. The Morgan fingerprint density at radius 3 is 2.40 bits per heavy atom. The van der Waals surface area contributed by atoms with Gasteiger partial charge in [-0.05, 0) is 41.9 Å². The largest absolute Gasteiger partial charge is 0.326 e. The molecule has 0 aliphatic carbocycles. The predicted molar refractivity (Wildman–Crippen MR) is 68.2 cm³/mol. The first-order valence-corrected chi connectivity index (χ1v) is 6.70. The van der Waals surface area contributed by atoms with E-state index >= 15 is 0 Å². The van der Waals surface area contributed by atoms with Crippen LogP contribution in [0.1, 0.15) is 38.8 Å².